The van der Waals surface area contributed by atoms with Gasteiger partial charge in [-0.1, -0.05) is 13.0 Å². The Kier molecular flexibility index (Phi) is 9.07. The zero-order chi connectivity index (χ0) is 26.2. The molecule has 0 spiro atoms. The molecule has 2 aromatic carbocycles. The maximum absolute atomic E-state index is 12.7. The van der Waals surface area contributed by atoms with Gasteiger partial charge in [0.2, 0.25) is 0 Å². The number of carbonyl (C=O) groups is 3. The number of nitro benzene ring substituents is 1. The van der Waals surface area contributed by atoms with E-state index in [9.17, 15) is 24.5 Å². The molecule has 10 nitrogen and oxygen atoms in total. The molecule has 3 rings (SSSR count). The number of nitrogens with zero attached hydrogens (tertiary/aromatic N) is 3. The molecule has 0 bridgehead atoms. The Morgan fingerprint density at radius 2 is 1.92 bits per heavy atom. The molecule has 0 atom stereocenters. The third kappa shape index (κ3) is 6.42. The highest BCUT2D eigenvalue weighted by atomic mass is 32.2. The first-order valence-corrected chi connectivity index (χ1v) is 12.4. The van der Waals surface area contributed by atoms with Crippen molar-refractivity contribution in [3.8, 4) is 5.75 Å². The second kappa shape index (κ2) is 12.2. The number of anilines is 2. The summed E-state index contributed by atoms with van der Waals surface area (Å²) >= 11 is 0.873. The Labute approximate surface area is 213 Å². The fourth-order valence-corrected chi connectivity index (χ4v) is 4.50. The van der Waals surface area contributed by atoms with Crippen LogP contribution in [0.25, 0.3) is 6.08 Å². The number of nitro groups is 1. The summed E-state index contributed by atoms with van der Waals surface area (Å²) in [5, 5.41) is 13.3. The van der Waals surface area contributed by atoms with E-state index in [0.717, 1.165) is 30.5 Å². The van der Waals surface area contributed by atoms with E-state index in [0.29, 0.717) is 24.3 Å². The molecule has 1 aliphatic heterocycles. The van der Waals surface area contributed by atoms with Crippen LogP contribution in [0.4, 0.5) is 21.9 Å². The van der Waals surface area contributed by atoms with Crippen molar-refractivity contribution in [3.63, 3.8) is 0 Å². The van der Waals surface area contributed by atoms with Gasteiger partial charge in [0.15, 0.2) is 6.61 Å². The molecule has 1 aliphatic rings. The SMILES string of the molecule is CCCN1C(=O)S/C(=C/c2ccc(N(CC)CC)cc2OCC(=O)Nc2cccc([N+](=O)[O-])c2)C1=O. The van der Waals surface area contributed by atoms with Gasteiger partial charge in [0.25, 0.3) is 22.7 Å². The minimum atomic E-state index is -0.542. The number of amides is 3. The lowest BCUT2D eigenvalue weighted by molar-refractivity contribution is -0.384. The van der Waals surface area contributed by atoms with Crippen molar-refractivity contribution in [3.05, 3.63) is 63.0 Å². The average Bonchev–Trinajstić information content (AvgIpc) is 3.12. The van der Waals surface area contributed by atoms with E-state index in [1.54, 1.807) is 24.3 Å². The predicted octanol–water partition coefficient (Wildman–Crippen LogP) is 4.90. The standard InChI is InChI=1S/C25H28N4O6S/c1-4-12-28-24(31)22(36-25(28)32)13-17-10-11-19(27(5-2)6-3)15-21(17)35-16-23(30)26-18-8-7-9-20(14-18)29(33)34/h7-11,13-15H,4-6,12,16H2,1-3H3,(H,26,30)/b22-13+. The Morgan fingerprint density at radius 1 is 1.17 bits per heavy atom. The maximum atomic E-state index is 12.7. The number of nitrogens with one attached hydrogen (secondary N) is 1. The second-order valence-corrected chi connectivity index (χ2v) is 8.87. The summed E-state index contributed by atoms with van der Waals surface area (Å²) in [6.45, 7) is 7.45. The monoisotopic (exact) mass is 512 g/mol. The second-order valence-electron chi connectivity index (χ2n) is 7.87. The lowest BCUT2D eigenvalue weighted by Gasteiger charge is -2.22. The van der Waals surface area contributed by atoms with Gasteiger partial charge in [0, 0.05) is 54.8 Å². The number of non-ortho nitro benzene ring substituents is 1. The predicted molar refractivity (Wildman–Crippen MR) is 140 cm³/mol. The number of thioether (sulfide) groups is 1. The quantitative estimate of drug-likeness (QED) is 0.256. The highest BCUT2D eigenvalue weighted by Crippen LogP contribution is 2.35. The van der Waals surface area contributed by atoms with Crippen LogP contribution in [0.1, 0.15) is 32.8 Å². The van der Waals surface area contributed by atoms with Crippen molar-refractivity contribution >= 4 is 52.0 Å². The van der Waals surface area contributed by atoms with Crippen LogP contribution >= 0.6 is 11.8 Å². The van der Waals surface area contributed by atoms with Crippen LogP contribution in [0.15, 0.2) is 47.4 Å². The zero-order valence-electron chi connectivity index (χ0n) is 20.4. The van der Waals surface area contributed by atoms with Crippen LogP contribution in [0, 0.1) is 10.1 Å². The van der Waals surface area contributed by atoms with Crippen LogP contribution in [0.2, 0.25) is 0 Å². The van der Waals surface area contributed by atoms with Gasteiger partial charge in [-0.25, -0.2) is 0 Å². The first-order chi connectivity index (χ1) is 17.3. The number of imide groups is 1. The minimum Gasteiger partial charge on any atom is -0.483 e. The van der Waals surface area contributed by atoms with Crippen LogP contribution in [-0.2, 0) is 9.59 Å². The lowest BCUT2D eigenvalue weighted by atomic mass is 10.1. The van der Waals surface area contributed by atoms with Gasteiger partial charge in [0.1, 0.15) is 5.75 Å². The number of benzene rings is 2. The van der Waals surface area contributed by atoms with Gasteiger partial charge < -0.3 is 15.0 Å². The molecule has 1 fully saturated rings. The number of hydrogen-bond acceptors (Lipinski definition) is 8. The summed E-state index contributed by atoms with van der Waals surface area (Å²) < 4.78 is 5.84. The Hall–Kier alpha value is -3.86. The van der Waals surface area contributed by atoms with E-state index in [2.05, 4.69) is 10.2 Å². The van der Waals surface area contributed by atoms with E-state index >= 15 is 0 Å². The molecule has 1 N–H and O–H groups in total. The van der Waals surface area contributed by atoms with E-state index in [4.69, 9.17) is 4.74 Å². The van der Waals surface area contributed by atoms with Gasteiger partial charge >= 0.3 is 0 Å². The van der Waals surface area contributed by atoms with Gasteiger partial charge in [-0.2, -0.15) is 0 Å². The highest BCUT2D eigenvalue weighted by Gasteiger charge is 2.34. The molecular formula is C25H28N4O6S. The third-order valence-corrected chi connectivity index (χ3v) is 6.34. The Morgan fingerprint density at radius 3 is 2.58 bits per heavy atom. The smallest absolute Gasteiger partial charge is 0.293 e. The van der Waals surface area contributed by atoms with Crippen LogP contribution in [0.3, 0.4) is 0 Å². The fourth-order valence-electron chi connectivity index (χ4n) is 3.65. The van der Waals surface area contributed by atoms with Crippen LogP contribution < -0.4 is 15.0 Å². The summed E-state index contributed by atoms with van der Waals surface area (Å²) in [7, 11) is 0. The number of rotatable bonds is 11. The van der Waals surface area contributed by atoms with E-state index < -0.39 is 10.8 Å². The Balaban J connectivity index is 1.83. The molecule has 0 unspecified atom stereocenters. The fraction of sp³-hybridized carbons (Fsp3) is 0.320. The van der Waals surface area contributed by atoms with E-state index in [1.807, 2.05) is 26.8 Å². The van der Waals surface area contributed by atoms with E-state index in [-0.39, 0.29) is 34.0 Å². The minimum absolute atomic E-state index is 0.139. The van der Waals surface area contributed by atoms with Crippen LogP contribution in [-0.4, -0.2) is 53.1 Å². The molecule has 0 aromatic heterocycles. The number of hydrogen-bond donors (Lipinski definition) is 1. The molecule has 3 amide bonds. The molecule has 190 valence electrons. The van der Waals surface area contributed by atoms with Crippen molar-refractivity contribution in [1.29, 1.82) is 0 Å². The van der Waals surface area contributed by atoms with Gasteiger partial charge in [-0.15, -0.1) is 0 Å². The first-order valence-electron chi connectivity index (χ1n) is 11.6. The number of carbonyl (C=O) groups excluding carboxylic acids is 3. The van der Waals surface area contributed by atoms with Gasteiger partial charge in [0.05, 0.1) is 9.83 Å². The molecule has 1 heterocycles. The summed E-state index contributed by atoms with van der Waals surface area (Å²) in [6, 6.07) is 11.1. The Bertz CT molecular complexity index is 1190. The van der Waals surface area contributed by atoms with Gasteiger partial charge in [-0.05, 0) is 56.3 Å². The van der Waals surface area contributed by atoms with Crippen LogP contribution in [0.5, 0.6) is 5.75 Å². The molecule has 0 aliphatic carbocycles. The summed E-state index contributed by atoms with van der Waals surface area (Å²) in [4.78, 5) is 51.5. The lowest BCUT2D eigenvalue weighted by Crippen LogP contribution is -2.28. The third-order valence-electron chi connectivity index (χ3n) is 5.43. The molecule has 36 heavy (non-hydrogen) atoms. The normalized spacial score (nSPS) is 14.3. The molecular weight excluding hydrogens is 484 g/mol. The first kappa shape index (κ1) is 26.7. The molecule has 11 heteroatoms. The van der Waals surface area contributed by atoms with Crippen molar-refractivity contribution < 1.29 is 24.0 Å². The van der Waals surface area contributed by atoms with E-state index in [1.165, 1.54) is 23.1 Å². The molecule has 2 aromatic rings. The average molecular weight is 513 g/mol. The summed E-state index contributed by atoms with van der Waals surface area (Å²) in [5.74, 6) is -0.483. The van der Waals surface area contributed by atoms with Crippen molar-refractivity contribution in [2.75, 3.05) is 36.5 Å². The molecule has 0 saturated carbocycles. The number of ether oxygens (including phenoxy) is 1. The maximum Gasteiger partial charge on any atom is 0.293 e. The van der Waals surface area contributed by atoms with Crippen molar-refractivity contribution in [2.24, 2.45) is 0 Å². The largest absolute Gasteiger partial charge is 0.483 e. The summed E-state index contributed by atoms with van der Waals surface area (Å²) in [6.07, 6.45) is 2.26. The van der Waals surface area contributed by atoms with Crippen molar-refractivity contribution in [2.45, 2.75) is 27.2 Å². The highest BCUT2D eigenvalue weighted by molar-refractivity contribution is 8.18. The van der Waals surface area contributed by atoms with Gasteiger partial charge in [-0.3, -0.25) is 29.4 Å². The molecule has 1 saturated heterocycles. The summed E-state index contributed by atoms with van der Waals surface area (Å²) in [5.41, 5.74) is 1.57. The zero-order valence-corrected chi connectivity index (χ0v) is 21.2. The topological polar surface area (TPSA) is 122 Å². The van der Waals surface area contributed by atoms with Crippen molar-refractivity contribution in [1.82, 2.24) is 4.90 Å². The molecule has 0 radical (unpaired) electrons.